The van der Waals surface area contributed by atoms with E-state index in [1.807, 2.05) is 91.0 Å². The third-order valence-electron chi connectivity index (χ3n) is 5.43. The van der Waals surface area contributed by atoms with Gasteiger partial charge < -0.3 is 5.32 Å². The Bertz CT molecular complexity index is 1140. The van der Waals surface area contributed by atoms with E-state index in [1.165, 1.54) is 0 Å². The second-order valence-electron chi connectivity index (χ2n) is 7.49. The predicted octanol–water partition coefficient (Wildman–Crippen LogP) is 6.97. The first-order valence-electron chi connectivity index (χ1n) is 10.2. The number of halogens is 4. The summed E-state index contributed by atoms with van der Waals surface area (Å²) in [6.45, 7) is 0. The van der Waals surface area contributed by atoms with Crippen LogP contribution in [-0.2, 0) is 5.54 Å². The Morgan fingerprint density at radius 3 is 1.45 bits per heavy atom. The summed E-state index contributed by atoms with van der Waals surface area (Å²) < 4.78 is 54.3. The van der Waals surface area contributed by atoms with Crippen molar-refractivity contribution in [3.05, 3.63) is 137 Å². The molecule has 0 unspecified atom stereocenters. The molecule has 0 aliphatic rings. The Hall–Kier alpha value is -3.93. The second-order valence-corrected chi connectivity index (χ2v) is 7.49. The van der Waals surface area contributed by atoms with Gasteiger partial charge in [-0.15, -0.1) is 0 Å². The van der Waals surface area contributed by atoms with Gasteiger partial charge in [0.05, 0.1) is 5.56 Å². The zero-order valence-corrected chi connectivity index (χ0v) is 17.3. The molecule has 0 fully saturated rings. The van der Waals surface area contributed by atoms with Crippen molar-refractivity contribution in [2.75, 3.05) is 5.32 Å². The predicted molar refractivity (Wildman–Crippen MR) is 120 cm³/mol. The molecule has 4 aromatic rings. The number of nitrogens with one attached hydrogen (secondary N) is 1. The van der Waals surface area contributed by atoms with Gasteiger partial charge in [-0.05, 0) is 34.9 Å². The molecule has 0 aliphatic carbocycles. The van der Waals surface area contributed by atoms with Gasteiger partial charge in [0.25, 0.3) is 5.78 Å². The van der Waals surface area contributed by atoms with Crippen molar-refractivity contribution in [2.24, 2.45) is 0 Å². The van der Waals surface area contributed by atoms with E-state index < -0.39 is 28.9 Å². The molecule has 0 aliphatic heterocycles. The van der Waals surface area contributed by atoms with Crippen LogP contribution >= 0.6 is 0 Å². The van der Waals surface area contributed by atoms with Gasteiger partial charge in [-0.1, -0.05) is 91.0 Å². The SMILES string of the molecule is O=C(c1ccc(F)cc1NC(c1ccccc1)(c1ccccc1)c1ccccc1)C(F)(F)F. The molecule has 0 heterocycles. The van der Waals surface area contributed by atoms with Crippen LogP contribution in [0.2, 0.25) is 0 Å². The number of hydrogen-bond donors (Lipinski definition) is 1. The highest BCUT2D eigenvalue weighted by Crippen LogP contribution is 2.41. The molecule has 1 N–H and O–H groups in total. The number of Topliss-reactive ketones (excluding diaryl/α,β-unsaturated/α-hetero) is 1. The van der Waals surface area contributed by atoms with Crippen LogP contribution in [0.1, 0.15) is 27.0 Å². The van der Waals surface area contributed by atoms with Crippen molar-refractivity contribution in [3.63, 3.8) is 0 Å². The molecule has 2 nitrogen and oxygen atoms in total. The first-order valence-corrected chi connectivity index (χ1v) is 10.2. The molecule has 6 heteroatoms. The van der Waals surface area contributed by atoms with Crippen LogP contribution in [0.4, 0.5) is 23.2 Å². The lowest BCUT2D eigenvalue weighted by Crippen LogP contribution is -2.39. The van der Waals surface area contributed by atoms with E-state index in [1.54, 1.807) is 0 Å². The van der Waals surface area contributed by atoms with E-state index in [4.69, 9.17) is 0 Å². The maximum Gasteiger partial charge on any atom is 0.454 e. The molecule has 0 radical (unpaired) electrons. The number of hydrogen-bond acceptors (Lipinski definition) is 2. The Balaban J connectivity index is 2.02. The average molecular weight is 449 g/mol. The van der Waals surface area contributed by atoms with Crippen molar-refractivity contribution in [3.8, 4) is 0 Å². The van der Waals surface area contributed by atoms with E-state index in [9.17, 15) is 22.4 Å². The van der Waals surface area contributed by atoms with Gasteiger partial charge in [0.1, 0.15) is 11.4 Å². The van der Waals surface area contributed by atoms with Crippen molar-refractivity contribution in [1.29, 1.82) is 0 Å². The van der Waals surface area contributed by atoms with Crippen molar-refractivity contribution in [2.45, 2.75) is 11.7 Å². The lowest BCUT2D eigenvalue weighted by atomic mass is 9.76. The fourth-order valence-electron chi connectivity index (χ4n) is 3.95. The summed E-state index contributed by atoms with van der Waals surface area (Å²) in [4.78, 5) is 12.2. The topological polar surface area (TPSA) is 29.1 Å². The Morgan fingerprint density at radius 2 is 1.06 bits per heavy atom. The van der Waals surface area contributed by atoms with Gasteiger partial charge in [-0.3, -0.25) is 4.79 Å². The van der Waals surface area contributed by atoms with Crippen LogP contribution < -0.4 is 5.32 Å². The third kappa shape index (κ3) is 4.37. The lowest BCUT2D eigenvalue weighted by Gasteiger charge is -2.38. The quantitative estimate of drug-likeness (QED) is 0.196. The van der Waals surface area contributed by atoms with Crippen LogP contribution in [0, 0.1) is 5.82 Å². The highest BCUT2D eigenvalue weighted by Gasteiger charge is 2.42. The summed E-state index contributed by atoms with van der Waals surface area (Å²) in [6.07, 6.45) is -5.11. The molecule has 4 aromatic carbocycles. The van der Waals surface area contributed by atoms with Crippen molar-refractivity contribution < 1.29 is 22.4 Å². The number of carbonyl (C=O) groups excluding carboxylic acids is 1. The maximum atomic E-state index is 14.3. The molecule has 0 bridgehead atoms. The minimum absolute atomic E-state index is 0.256. The van der Waals surface area contributed by atoms with Gasteiger partial charge in [-0.25, -0.2) is 4.39 Å². The summed E-state index contributed by atoms with van der Waals surface area (Å²) in [5.74, 6) is -2.81. The largest absolute Gasteiger partial charge is 0.454 e. The Labute approximate surface area is 188 Å². The summed E-state index contributed by atoms with van der Waals surface area (Å²) in [5, 5.41) is 3.14. The summed E-state index contributed by atoms with van der Waals surface area (Å²) in [5.41, 5.74) is -0.00534. The number of carbonyl (C=O) groups is 1. The van der Waals surface area contributed by atoms with E-state index in [0.717, 1.165) is 18.2 Å². The molecular formula is C27H19F4NO. The van der Waals surface area contributed by atoms with Crippen molar-refractivity contribution >= 4 is 11.5 Å². The molecule has 0 spiro atoms. The number of anilines is 1. The monoisotopic (exact) mass is 449 g/mol. The van der Waals surface area contributed by atoms with E-state index in [-0.39, 0.29) is 5.69 Å². The normalized spacial score (nSPS) is 11.8. The minimum atomic E-state index is -5.11. The molecule has 166 valence electrons. The number of alkyl halides is 3. The van der Waals surface area contributed by atoms with Crippen LogP contribution in [0.25, 0.3) is 0 Å². The highest BCUT2D eigenvalue weighted by atomic mass is 19.4. The third-order valence-corrected chi connectivity index (χ3v) is 5.43. The fourth-order valence-corrected chi connectivity index (χ4v) is 3.95. The lowest BCUT2D eigenvalue weighted by molar-refractivity contribution is -0.0884. The molecule has 0 atom stereocenters. The van der Waals surface area contributed by atoms with Gasteiger partial charge >= 0.3 is 6.18 Å². The molecular weight excluding hydrogens is 430 g/mol. The summed E-state index contributed by atoms with van der Waals surface area (Å²) >= 11 is 0. The highest BCUT2D eigenvalue weighted by molar-refractivity contribution is 6.05. The smallest absolute Gasteiger partial charge is 0.367 e. The first kappa shape index (κ1) is 22.3. The zero-order valence-electron chi connectivity index (χ0n) is 17.3. The molecule has 33 heavy (non-hydrogen) atoms. The summed E-state index contributed by atoms with van der Waals surface area (Å²) in [7, 11) is 0. The van der Waals surface area contributed by atoms with Crippen LogP contribution in [-0.4, -0.2) is 12.0 Å². The average Bonchev–Trinajstić information content (AvgIpc) is 2.83. The molecule has 0 saturated carbocycles. The second kappa shape index (κ2) is 8.90. The number of ketones is 1. The van der Waals surface area contributed by atoms with Crippen molar-refractivity contribution in [1.82, 2.24) is 0 Å². The number of benzene rings is 4. The van der Waals surface area contributed by atoms with E-state index in [0.29, 0.717) is 16.7 Å². The van der Waals surface area contributed by atoms with Crippen LogP contribution in [0.15, 0.2) is 109 Å². The standard InChI is InChI=1S/C27H19F4NO/c28-22-16-17-23(25(33)27(29,30)31)24(18-22)32-26(19-10-4-1-5-11-19,20-12-6-2-7-13-20)21-14-8-3-9-15-21/h1-18,32H. The zero-order chi connectivity index (χ0) is 23.5. The Morgan fingerprint density at radius 1 is 0.636 bits per heavy atom. The van der Waals surface area contributed by atoms with Crippen LogP contribution in [0.3, 0.4) is 0 Å². The van der Waals surface area contributed by atoms with Gasteiger partial charge in [0.15, 0.2) is 0 Å². The van der Waals surface area contributed by atoms with Crippen LogP contribution in [0.5, 0.6) is 0 Å². The number of rotatable bonds is 6. The summed E-state index contributed by atoms with van der Waals surface area (Å²) in [6, 6.07) is 29.9. The molecule has 0 amide bonds. The fraction of sp³-hybridized carbons (Fsp3) is 0.0741. The van der Waals surface area contributed by atoms with Gasteiger partial charge in [-0.2, -0.15) is 13.2 Å². The van der Waals surface area contributed by atoms with E-state index in [2.05, 4.69) is 5.32 Å². The maximum absolute atomic E-state index is 14.3. The first-order chi connectivity index (χ1) is 15.8. The van der Waals surface area contributed by atoms with Gasteiger partial charge in [0, 0.05) is 5.69 Å². The Kier molecular flexibility index (Phi) is 6.01. The van der Waals surface area contributed by atoms with E-state index >= 15 is 0 Å². The molecule has 4 rings (SSSR count). The van der Waals surface area contributed by atoms with Gasteiger partial charge in [0.2, 0.25) is 0 Å². The molecule has 0 aromatic heterocycles. The molecule has 0 saturated heterocycles. The minimum Gasteiger partial charge on any atom is -0.367 e.